The fraction of sp³-hybridized carbons (Fsp3) is 0.500. The molecule has 0 fully saturated rings. The summed E-state index contributed by atoms with van der Waals surface area (Å²) in [6.07, 6.45) is 1.93. The summed E-state index contributed by atoms with van der Waals surface area (Å²) < 4.78 is 5.58. The predicted molar refractivity (Wildman–Crippen MR) is 59.7 cm³/mol. The minimum absolute atomic E-state index is 0.672. The Bertz CT molecular complexity index is 284. The Morgan fingerprint density at radius 1 is 1.29 bits per heavy atom. The van der Waals surface area contributed by atoms with Gasteiger partial charge >= 0.3 is 0 Å². The summed E-state index contributed by atoms with van der Waals surface area (Å²) in [6.45, 7) is 5.54. The monoisotopic (exact) mass is 193 g/mol. The van der Waals surface area contributed by atoms with Gasteiger partial charge < -0.3 is 10.5 Å². The van der Waals surface area contributed by atoms with Gasteiger partial charge in [-0.05, 0) is 43.5 Å². The first-order valence-corrected chi connectivity index (χ1v) is 5.26. The average Bonchev–Trinajstić information content (AvgIpc) is 2.21. The maximum atomic E-state index is 5.58. The van der Waals surface area contributed by atoms with Gasteiger partial charge in [-0.1, -0.05) is 19.1 Å². The first-order valence-electron chi connectivity index (χ1n) is 5.26. The topological polar surface area (TPSA) is 35.2 Å². The summed E-state index contributed by atoms with van der Waals surface area (Å²) in [5.74, 6) is 0.998. The molecular weight excluding hydrogens is 174 g/mol. The lowest BCUT2D eigenvalue weighted by molar-refractivity contribution is 0.336. The Morgan fingerprint density at radius 3 is 2.64 bits per heavy atom. The van der Waals surface area contributed by atoms with Gasteiger partial charge in [0.05, 0.1) is 6.61 Å². The molecule has 2 heteroatoms. The van der Waals surface area contributed by atoms with Gasteiger partial charge in [-0.2, -0.15) is 0 Å². The number of benzene rings is 1. The van der Waals surface area contributed by atoms with Gasteiger partial charge in [0.2, 0.25) is 0 Å². The molecule has 1 aromatic rings. The minimum Gasteiger partial charge on any atom is -0.494 e. The van der Waals surface area contributed by atoms with E-state index in [2.05, 4.69) is 25.1 Å². The highest BCUT2D eigenvalue weighted by molar-refractivity contribution is 5.37. The Balaban J connectivity index is 2.91. The molecule has 1 aromatic carbocycles. The maximum Gasteiger partial charge on any atom is 0.122 e. The summed E-state index contributed by atoms with van der Waals surface area (Å²) in [6, 6.07) is 6.39. The van der Waals surface area contributed by atoms with Crippen LogP contribution in [-0.2, 0) is 12.8 Å². The summed E-state index contributed by atoms with van der Waals surface area (Å²) in [5.41, 5.74) is 8.07. The zero-order chi connectivity index (χ0) is 10.4. The lowest BCUT2D eigenvalue weighted by Gasteiger charge is -2.10. The van der Waals surface area contributed by atoms with Crippen LogP contribution in [0.2, 0.25) is 0 Å². The van der Waals surface area contributed by atoms with Crippen LogP contribution in [0.25, 0.3) is 0 Å². The molecular formula is C12H19NO. The largest absolute Gasteiger partial charge is 0.494 e. The molecule has 0 unspecified atom stereocenters. The molecule has 0 aliphatic rings. The smallest absolute Gasteiger partial charge is 0.122 e. The van der Waals surface area contributed by atoms with Gasteiger partial charge in [-0.15, -0.1) is 0 Å². The number of nitrogens with two attached hydrogens (primary N) is 1. The highest BCUT2D eigenvalue weighted by Crippen LogP contribution is 2.21. The number of rotatable bonds is 5. The third-order valence-corrected chi connectivity index (χ3v) is 2.25. The Labute approximate surface area is 86.1 Å². The van der Waals surface area contributed by atoms with Gasteiger partial charge in [0.1, 0.15) is 5.75 Å². The minimum atomic E-state index is 0.672. The summed E-state index contributed by atoms with van der Waals surface area (Å²) in [5, 5.41) is 0. The molecule has 1 rings (SSSR count). The Hall–Kier alpha value is -1.02. The molecule has 0 amide bonds. The van der Waals surface area contributed by atoms with Gasteiger partial charge in [-0.3, -0.25) is 0 Å². The molecule has 0 radical (unpaired) electrons. The number of hydrogen-bond acceptors (Lipinski definition) is 2. The lowest BCUT2D eigenvalue weighted by Crippen LogP contribution is -2.05. The molecule has 78 valence electrons. The number of ether oxygens (including phenoxy) is 1. The van der Waals surface area contributed by atoms with Crippen LogP contribution in [0, 0.1) is 0 Å². The highest BCUT2D eigenvalue weighted by atomic mass is 16.5. The standard InChI is InChI=1S/C12H19NO/c1-3-10-5-6-11(7-8-13)12(9-10)14-4-2/h5-6,9H,3-4,7-8,13H2,1-2H3. The van der Waals surface area contributed by atoms with Crippen LogP contribution in [0.15, 0.2) is 18.2 Å². The van der Waals surface area contributed by atoms with Crippen molar-refractivity contribution in [2.45, 2.75) is 26.7 Å². The van der Waals surface area contributed by atoms with Crippen LogP contribution in [0.4, 0.5) is 0 Å². The number of hydrogen-bond donors (Lipinski definition) is 1. The molecule has 0 atom stereocenters. The van der Waals surface area contributed by atoms with Gasteiger partial charge in [0.25, 0.3) is 0 Å². The molecule has 0 saturated heterocycles. The second-order valence-electron chi connectivity index (χ2n) is 3.27. The summed E-state index contributed by atoms with van der Waals surface area (Å²) >= 11 is 0. The lowest BCUT2D eigenvalue weighted by atomic mass is 10.1. The van der Waals surface area contributed by atoms with E-state index in [-0.39, 0.29) is 0 Å². The van der Waals surface area contributed by atoms with Crippen molar-refractivity contribution in [1.29, 1.82) is 0 Å². The number of aryl methyl sites for hydroxylation is 1. The van der Waals surface area contributed by atoms with Gasteiger partial charge in [0, 0.05) is 0 Å². The van der Waals surface area contributed by atoms with Crippen molar-refractivity contribution in [3.63, 3.8) is 0 Å². The van der Waals surface area contributed by atoms with Gasteiger partial charge in [-0.25, -0.2) is 0 Å². The van der Waals surface area contributed by atoms with Crippen molar-refractivity contribution < 1.29 is 4.74 Å². The van der Waals surface area contributed by atoms with Crippen molar-refractivity contribution in [3.8, 4) is 5.75 Å². The SMILES string of the molecule is CCOc1cc(CC)ccc1CCN. The van der Waals surface area contributed by atoms with E-state index in [1.807, 2.05) is 6.92 Å². The van der Waals surface area contributed by atoms with Crippen molar-refractivity contribution in [3.05, 3.63) is 29.3 Å². The van der Waals surface area contributed by atoms with Crippen molar-refractivity contribution in [2.75, 3.05) is 13.2 Å². The van der Waals surface area contributed by atoms with Crippen LogP contribution in [0.5, 0.6) is 5.75 Å². The summed E-state index contributed by atoms with van der Waals surface area (Å²) in [4.78, 5) is 0. The van der Waals surface area contributed by atoms with E-state index >= 15 is 0 Å². The third-order valence-electron chi connectivity index (χ3n) is 2.25. The first-order chi connectivity index (χ1) is 6.81. The van der Waals surface area contributed by atoms with E-state index in [0.29, 0.717) is 13.2 Å². The maximum absolute atomic E-state index is 5.58. The van der Waals surface area contributed by atoms with E-state index in [4.69, 9.17) is 10.5 Å². The molecule has 0 bridgehead atoms. The average molecular weight is 193 g/mol. The zero-order valence-electron chi connectivity index (χ0n) is 9.05. The fourth-order valence-electron chi connectivity index (χ4n) is 1.47. The normalized spacial score (nSPS) is 10.2. The van der Waals surface area contributed by atoms with Crippen LogP contribution in [-0.4, -0.2) is 13.2 Å². The van der Waals surface area contributed by atoms with E-state index in [1.54, 1.807) is 0 Å². The van der Waals surface area contributed by atoms with E-state index in [0.717, 1.165) is 18.6 Å². The molecule has 14 heavy (non-hydrogen) atoms. The zero-order valence-corrected chi connectivity index (χ0v) is 9.05. The van der Waals surface area contributed by atoms with E-state index in [9.17, 15) is 0 Å². The molecule has 0 saturated carbocycles. The van der Waals surface area contributed by atoms with Crippen LogP contribution in [0.3, 0.4) is 0 Å². The third kappa shape index (κ3) is 2.74. The predicted octanol–water partition coefficient (Wildman–Crippen LogP) is 2.15. The Morgan fingerprint density at radius 2 is 2.07 bits per heavy atom. The van der Waals surface area contributed by atoms with Gasteiger partial charge in [0.15, 0.2) is 0 Å². The molecule has 2 nitrogen and oxygen atoms in total. The Kier molecular flexibility index (Phi) is 4.47. The van der Waals surface area contributed by atoms with E-state index < -0.39 is 0 Å². The van der Waals surface area contributed by atoms with Crippen LogP contribution < -0.4 is 10.5 Å². The second-order valence-corrected chi connectivity index (χ2v) is 3.27. The van der Waals surface area contributed by atoms with Crippen molar-refractivity contribution in [1.82, 2.24) is 0 Å². The van der Waals surface area contributed by atoms with E-state index in [1.165, 1.54) is 11.1 Å². The summed E-state index contributed by atoms with van der Waals surface area (Å²) in [7, 11) is 0. The van der Waals surface area contributed by atoms with Crippen LogP contribution in [0.1, 0.15) is 25.0 Å². The molecule has 0 aliphatic heterocycles. The molecule has 2 N–H and O–H groups in total. The van der Waals surface area contributed by atoms with Crippen molar-refractivity contribution in [2.24, 2.45) is 5.73 Å². The van der Waals surface area contributed by atoms with Crippen molar-refractivity contribution >= 4 is 0 Å². The quantitative estimate of drug-likeness (QED) is 0.777. The highest BCUT2D eigenvalue weighted by Gasteiger charge is 2.03. The van der Waals surface area contributed by atoms with Crippen LogP contribution >= 0.6 is 0 Å². The first kappa shape index (κ1) is 11.1. The second kappa shape index (κ2) is 5.66. The fourth-order valence-corrected chi connectivity index (χ4v) is 1.47. The molecule has 0 aliphatic carbocycles. The molecule has 0 heterocycles. The molecule has 0 spiro atoms. The molecule has 0 aromatic heterocycles.